The smallest absolute Gasteiger partial charge is 0.335 e. The Bertz CT molecular complexity index is 333. The van der Waals surface area contributed by atoms with Crippen LogP contribution in [0.4, 0.5) is 0 Å². The second-order valence-electron chi connectivity index (χ2n) is 2.72. The molecule has 1 rings (SSSR count). The van der Waals surface area contributed by atoms with E-state index in [9.17, 15) is 4.79 Å². The van der Waals surface area contributed by atoms with Gasteiger partial charge in [-0.25, -0.2) is 4.79 Å². The minimum Gasteiger partial charge on any atom is -0.493 e. The van der Waals surface area contributed by atoms with Crippen molar-refractivity contribution >= 4 is 5.97 Å². The summed E-state index contributed by atoms with van der Waals surface area (Å²) in [6.45, 7) is 2.08. The first-order valence-corrected chi connectivity index (χ1v) is 4.29. The molecule has 14 heavy (non-hydrogen) atoms. The highest BCUT2D eigenvalue weighted by Crippen LogP contribution is 2.20. The minimum absolute atomic E-state index is 0.158. The minimum atomic E-state index is -1.00. The van der Waals surface area contributed by atoms with E-state index < -0.39 is 5.97 Å². The molecule has 0 heterocycles. The van der Waals surface area contributed by atoms with Crippen LogP contribution in [-0.4, -0.2) is 22.8 Å². The van der Waals surface area contributed by atoms with Crippen LogP contribution in [0.1, 0.15) is 22.8 Å². The molecule has 4 nitrogen and oxygen atoms in total. The molecule has 0 unspecified atom stereocenters. The van der Waals surface area contributed by atoms with Gasteiger partial charge in [0.05, 0.1) is 18.8 Å². The summed E-state index contributed by atoms with van der Waals surface area (Å²) in [7, 11) is 0. The number of carboxylic acid groups (broad SMARTS) is 1. The monoisotopic (exact) mass is 196 g/mol. The maximum absolute atomic E-state index is 10.6. The molecule has 0 aromatic heterocycles. The molecule has 0 bridgehead atoms. The molecule has 0 aliphatic heterocycles. The number of aliphatic hydroxyl groups is 1. The Balaban J connectivity index is 3.07. The third-order valence-electron chi connectivity index (χ3n) is 1.78. The van der Waals surface area contributed by atoms with E-state index in [1.54, 1.807) is 13.0 Å². The van der Waals surface area contributed by atoms with Crippen LogP contribution in [0.3, 0.4) is 0 Å². The molecule has 0 atom stereocenters. The molecule has 1 aromatic carbocycles. The lowest BCUT2D eigenvalue weighted by Gasteiger charge is -2.08. The molecular formula is C10H12O4. The fourth-order valence-corrected chi connectivity index (χ4v) is 1.11. The number of benzene rings is 1. The van der Waals surface area contributed by atoms with E-state index in [4.69, 9.17) is 14.9 Å². The molecule has 4 heteroatoms. The first-order valence-electron chi connectivity index (χ1n) is 4.29. The van der Waals surface area contributed by atoms with E-state index >= 15 is 0 Å². The van der Waals surface area contributed by atoms with Crippen molar-refractivity contribution in [3.63, 3.8) is 0 Å². The quantitative estimate of drug-likeness (QED) is 0.761. The molecule has 0 spiro atoms. The number of carbonyl (C=O) groups is 1. The highest BCUT2D eigenvalue weighted by Gasteiger charge is 2.08. The van der Waals surface area contributed by atoms with E-state index in [-0.39, 0.29) is 12.2 Å². The molecule has 0 radical (unpaired) electrons. The number of ether oxygens (including phenoxy) is 1. The maximum atomic E-state index is 10.6. The fourth-order valence-electron chi connectivity index (χ4n) is 1.11. The van der Waals surface area contributed by atoms with Crippen molar-refractivity contribution in [3.05, 3.63) is 29.3 Å². The lowest BCUT2D eigenvalue weighted by Crippen LogP contribution is -2.01. The number of hydrogen-bond donors (Lipinski definition) is 2. The highest BCUT2D eigenvalue weighted by atomic mass is 16.5. The Kier molecular flexibility index (Phi) is 3.48. The second-order valence-corrected chi connectivity index (χ2v) is 2.72. The van der Waals surface area contributed by atoms with E-state index in [0.717, 1.165) is 0 Å². The van der Waals surface area contributed by atoms with Gasteiger partial charge in [-0.3, -0.25) is 0 Å². The van der Waals surface area contributed by atoms with Gasteiger partial charge in [-0.05, 0) is 19.1 Å². The zero-order valence-corrected chi connectivity index (χ0v) is 7.86. The van der Waals surface area contributed by atoms with Gasteiger partial charge in [0.25, 0.3) is 0 Å². The fraction of sp³-hybridized carbons (Fsp3) is 0.300. The maximum Gasteiger partial charge on any atom is 0.335 e. The first-order chi connectivity index (χ1) is 6.69. The zero-order valence-electron chi connectivity index (χ0n) is 7.86. The Morgan fingerprint density at radius 1 is 1.50 bits per heavy atom. The predicted octanol–water partition coefficient (Wildman–Crippen LogP) is 1.28. The van der Waals surface area contributed by atoms with Crippen molar-refractivity contribution in [2.75, 3.05) is 6.61 Å². The number of carboxylic acids is 1. The summed E-state index contributed by atoms with van der Waals surface area (Å²) in [5.41, 5.74) is 0.752. The van der Waals surface area contributed by atoms with Gasteiger partial charge < -0.3 is 14.9 Å². The van der Waals surface area contributed by atoms with Crippen LogP contribution in [0.15, 0.2) is 18.2 Å². The third-order valence-corrected chi connectivity index (χ3v) is 1.78. The van der Waals surface area contributed by atoms with Gasteiger partial charge in [0, 0.05) is 5.56 Å². The van der Waals surface area contributed by atoms with Gasteiger partial charge in [-0.15, -0.1) is 0 Å². The highest BCUT2D eigenvalue weighted by molar-refractivity contribution is 5.88. The van der Waals surface area contributed by atoms with Crippen LogP contribution in [0, 0.1) is 0 Å². The summed E-state index contributed by atoms with van der Waals surface area (Å²) >= 11 is 0. The van der Waals surface area contributed by atoms with Crippen molar-refractivity contribution in [1.82, 2.24) is 0 Å². The number of aliphatic hydroxyl groups excluding tert-OH is 1. The second kappa shape index (κ2) is 4.62. The molecule has 0 saturated carbocycles. The topological polar surface area (TPSA) is 66.8 Å². The lowest BCUT2D eigenvalue weighted by atomic mass is 10.1. The Morgan fingerprint density at radius 3 is 2.71 bits per heavy atom. The van der Waals surface area contributed by atoms with Crippen molar-refractivity contribution in [2.45, 2.75) is 13.5 Å². The van der Waals surface area contributed by atoms with Crippen LogP contribution in [-0.2, 0) is 6.61 Å². The summed E-state index contributed by atoms with van der Waals surface area (Å²) < 4.78 is 5.20. The summed E-state index contributed by atoms with van der Waals surface area (Å²) in [5.74, 6) is -0.578. The Labute approximate surface area is 81.8 Å². The van der Waals surface area contributed by atoms with E-state index in [2.05, 4.69) is 0 Å². The SMILES string of the molecule is CCOc1cc(C(=O)O)ccc1CO. The third kappa shape index (κ3) is 2.23. The average molecular weight is 196 g/mol. The Morgan fingerprint density at radius 2 is 2.21 bits per heavy atom. The summed E-state index contributed by atoms with van der Waals surface area (Å²) in [6, 6.07) is 4.40. The van der Waals surface area contributed by atoms with Gasteiger partial charge in [0.2, 0.25) is 0 Å². The molecule has 0 aliphatic carbocycles. The first kappa shape index (κ1) is 10.5. The lowest BCUT2D eigenvalue weighted by molar-refractivity contribution is 0.0696. The van der Waals surface area contributed by atoms with Gasteiger partial charge in [0.15, 0.2) is 0 Å². The summed E-state index contributed by atoms with van der Waals surface area (Å²) in [4.78, 5) is 10.6. The van der Waals surface area contributed by atoms with Crippen LogP contribution in [0.25, 0.3) is 0 Å². The van der Waals surface area contributed by atoms with E-state index in [1.807, 2.05) is 0 Å². The van der Waals surface area contributed by atoms with Crippen LogP contribution in [0.5, 0.6) is 5.75 Å². The molecule has 0 saturated heterocycles. The number of rotatable bonds is 4. The average Bonchev–Trinajstić information content (AvgIpc) is 2.18. The normalized spacial score (nSPS) is 9.86. The molecule has 76 valence electrons. The molecular weight excluding hydrogens is 184 g/mol. The van der Waals surface area contributed by atoms with Crippen LogP contribution in [0.2, 0.25) is 0 Å². The van der Waals surface area contributed by atoms with Crippen molar-refractivity contribution in [3.8, 4) is 5.75 Å². The van der Waals surface area contributed by atoms with E-state index in [1.165, 1.54) is 12.1 Å². The molecule has 0 aliphatic rings. The van der Waals surface area contributed by atoms with Crippen molar-refractivity contribution < 1.29 is 19.7 Å². The largest absolute Gasteiger partial charge is 0.493 e. The van der Waals surface area contributed by atoms with Crippen molar-refractivity contribution in [2.24, 2.45) is 0 Å². The van der Waals surface area contributed by atoms with Gasteiger partial charge >= 0.3 is 5.97 Å². The summed E-state index contributed by atoms with van der Waals surface area (Å²) in [5, 5.41) is 17.7. The Hall–Kier alpha value is -1.55. The van der Waals surface area contributed by atoms with Gasteiger partial charge in [0.1, 0.15) is 5.75 Å². The van der Waals surface area contributed by atoms with E-state index in [0.29, 0.717) is 17.9 Å². The molecule has 1 aromatic rings. The molecule has 0 fully saturated rings. The number of aromatic carboxylic acids is 1. The molecule has 2 N–H and O–H groups in total. The van der Waals surface area contributed by atoms with Crippen LogP contribution < -0.4 is 4.74 Å². The van der Waals surface area contributed by atoms with Crippen LogP contribution >= 0.6 is 0 Å². The van der Waals surface area contributed by atoms with Gasteiger partial charge in [-0.1, -0.05) is 6.07 Å². The van der Waals surface area contributed by atoms with Crippen molar-refractivity contribution in [1.29, 1.82) is 0 Å². The number of hydrogen-bond acceptors (Lipinski definition) is 3. The van der Waals surface area contributed by atoms with Gasteiger partial charge in [-0.2, -0.15) is 0 Å². The molecule has 0 amide bonds. The summed E-state index contributed by atoms with van der Waals surface area (Å²) in [6.07, 6.45) is 0. The standard InChI is InChI=1S/C10H12O4/c1-2-14-9-5-7(10(12)13)3-4-8(9)6-11/h3-5,11H,2,6H2,1H3,(H,12,13). The predicted molar refractivity (Wildman–Crippen MR) is 50.5 cm³/mol. The zero-order chi connectivity index (χ0) is 10.6.